The molecule has 0 unspecified atom stereocenters. The molecular formula is C21H24N6O4S. The van der Waals surface area contributed by atoms with Crippen LogP contribution >= 0.6 is 11.5 Å². The number of amides is 1. The Morgan fingerprint density at radius 1 is 1.19 bits per heavy atom. The van der Waals surface area contributed by atoms with Gasteiger partial charge in [0.05, 0.1) is 22.7 Å². The number of benzene rings is 2. The molecule has 1 amide bonds. The maximum Gasteiger partial charge on any atom is 0.270 e. The number of nitro groups is 1. The number of aromatic nitrogens is 1. The molecule has 0 bridgehead atoms. The minimum Gasteiger partial charge on any atom is -0.395 e. The van der Waals surface area contributed by atoms with Gasteiger partial charge in [0, 0.05) is 56.3 Å². The summed E-state index contributed by atoms with van der Waals surface area (Å²) in [4.78, 5) is 26.3. The first-order valence-corrected chi connectivity index (χ1v) is 10.9. The summed E-state index contributed by atoms with van der Waals surface area (Å²) >= 11 is 1.14. The predicted molar refractivity (Wildman–Crippen MR) is 124 cm³/mol. The second kappa shape index (κ2) is 10.7. The van der Waals surface area contributed by atoms with E-state index < -0.39 is 4.92 Å². The molecule has 0 aliphatic carbocycles. The quantitative estimate of drug-likeness (QED) is 0.276. The smallest absolute Gasteiger partial charge is 0.270 e. The first kappa shape index (κ1) is 23.2. The minimum absolute atomic E-state index is 0.0139. The summed E-state index contributed by atoms with van der Waals surface area (Å²) < 4.78 is 4.25. The first-order valence-electron chi connectivity index (χ1n) is 10.1. The number of azo groups is 1. The zero-order chi connectivity index (χ0) is 23.1. The first-order chi connectivity index (χ1) is 15.4. The number of fused-ring (bicyclic) bond motifs is 1. The van der Waals surface area contributed by atoms with E-state index in [-0.39, 0.29) is 18.2 Å². The molecule has 168 valence electrons. The Labute approximate surface area is 189 Å². The summed E-state index contributed by atoms with van der Waals surface area (Å²) in [5.41, 5.74) is 2.22. The second-order valence-electron chi connectivity index (χ2n) is 7.03. The maximum absolute atomic E-state index is 12.1. The van der Waals surface area contributed by atoms with Crippen molar-refractivity contribution in [2.24, 2.45) is 10.2 Å². The van der Waals surface area contributed by atoms with Gasteiger partial charge >= 0.3 is 0 Å². The van der Waals surface area contributed by atoms with Gasteiger partial charge in [-0.15, -0.1) is 10.2 Å². The summed E-state index contributed by atoms with van der Waals surface area (Å²) in [5, 5.41) is 29.5. The van der Waals surface area contributed by atoms with E-state index >= 15 is 0 Å². The molecule has 1 N–H and O–H groups in total. The summed E-state index contributed by atoms with van der Waals surface area (Å²) in [5.74, 6) is -0.0139. The third kappa shape index (κ3) is 5.62. The molecule has 0 aliphatic rings. The normalized spacial score (nSPS) is 11.2. The molecule has 1 heterocycles. The highest BCUT2D eigenvalue weighted by Gasteiger charge is 2.13. The molecule has 0 saturated carbocycles. The van der Waals surface area contributed by atoms with Crippen LogP contribution in [-0.4, -0.2) is 58.5 Å². The van der Waals surface area contributed by atoms with Crippen LogP contribution in [0.15, 0.2) is 52.7 Å². The van der Waals surface area contributed by atoms with E-state index in [2.05, 4.69) is 19.5 Å². The van der Waals surface area contributed by atoms with Crippen LogP contribution in [0.5, 0.6) is 0 Å². The average Bonchev–Trinajstić information content (AvgIpc) is 3.21. The van der Waals surface area contributed by atoms with Crippen molar-refractivity contribution in [2.75, 3.05) is 38.2 Å². The number of aliphatic hydroxyl groups excluding tert-OH is 1. The molecule has 0 fully saturated rings. The van der Waals surface area contributed by atoms with Crippen molar-refractivity contribution in [2.45, 2.75) is 13.3 Å². The molecule has 32 heavy (non-hydrogen) atoms. The lowest BCUT2D eigenvalue weighted by atomic mass is 10.2. The van der Waals surface area contributed by atoms with Gasteiger partial charge < -0.3 is 14.9 Å². The molecule has 0 radical (unpaired) electrons. The molecule has 0 saturated heterocycles. The highest BCUT2D eigenvalue weighted by molar-refractivity contribution is 7.11. The number of likely N-dealkylation sites (N-methyl/N-ethyl adjacent to an activating group) is 1. The van der Waals surface area contributed by atoms with Gasteiger partial charge in [-0.3, -0.25) is 14.9 Å². The Morgan fingerprint density at radius 2 is 1.94 bits per heavy atom. The Balaban J connectivity index is 1.68. The highest BCUT2D eigenvalue weighted by Crippen LogP contribution is 2.34. The van der Waals surface area contributed by atoms with Crippen LogP contribution in [0.2, 0.25) is 0 Å². The fourth-order valence-corrected chi connectivity index (χ4v) is 3.78. The zero-order valence-corrected chi connectivity index (χ0v) is 18.7. The van der Waals surface area contributed by atoms with Gasteiger partial charge in [0.2, 0.25) is 5.91 Å². The van der Waals surface area contributed by atoms with E-state index in [0.717, 1.165) is 23.8 Å². The number of nitro benzene ring substituents is 1. The number of carbonyl (C=O) groups is 1. The standard InChI is InChI=1S/C21H24N6O4S/c1-3-26(11-10-20(29)25(2)12-13-28)16-6-4-15(5-7-16)22-23-21-18-14-17(27(30)31)8-9-19(18)24-32-21/h4-9,14,28H,3,10-13H2,1-2H3. The Hall–Kier alpha value is -3.44. The lowest BCUT2D eigenvalue weighted by Crippen LogP contribution is -2.33. The molecule has 0 aliphatic heterocycles. The maximum atomic E-state index is 12.1. The topological polar surface area (TPSA) is 125 Å². The predicted octanol–water partition coefficient (Wildman–Crippen LogP) is 4.29. The zero-order valence-electron chi connectivity index (χ0n) is 17.8. The fourth-order valence-electron chi connectivity index (χ4n) is 3.10. The van der Waals surface area contributed by atoms with E-state index in [0.29, 0.717) is 41.1 Å². The average molecular weight is 457 g/mol. The van der Waals surface area contributed by atoms with Gasteiger partial charge in [-0.25, -0.2) is 0 Å². The van der Waals surface area contributed by atoms with Gasteiger partial charge in [0.25, 0.3) is 5.69 Å². The van der Waals surface area contributed by atoms with Crippen molar-refractivity contribution >= 4 is 50.4 Å². The van der Waals surface area contributed by atoms with E-state index in [4.69, 9.17) is 5.11 Å². The largest absolute Gasteiger partial charge is 0.395 e. The number of nitrogens with zero attached hydrogens (tertiary/aromatic N) is 6. The van der Waals surface area contributed by atoms with E-state index in [1.807, 2.05) is 31.2 Å². The molecule has 2 aromatic carbocycles. The number of aliphatic hydroxyl groups is 1. The summed E-state index contributed by atoms with van der Waals surface area (Å²) in [7, 11) is 1.68. The van der Waals surface area contributed by atoms with Crippen molar-refractivity contribution in [3.05, 3.63) is 52.6 Å². The van der Waals surface area contributed by atoms with Gasteiger partial charge in [-0.05, 0) is 48.8 Å². The summed E-state index contributed by atoms with van der Waals surface area (Å²) in [6.07, 6.45) is 0.358. The molecular weight excluding hydrogens is 432 g/mol. The van der Waals surface area contributed by atoms with Crippen LogP contribution in [0.3, 0.4) is 0 Å². The Kier molecular flexibility index (Phi) is 7.79. The van der Waals surface area contributed by atoms with Gasteiger partial charge in [-0.1, -0.05) is 0 Å². The van der Waals surface area contributed by atoms with Crippen molar-refractivity contribution in [1.29, 1.82) is 0 Å². The molecule has 10 nitrogen and oxygen atoms in total. The van der Waals surface area contributed by atoms with E-state index in [1.54, 1.807) is 13.1 Å². The number of hydrogen-bond acceptors (Lipinski definition) is 9. The van der Waals surface area contributed by atoms with Crippen LogP contribution in [0.4, 0.5) is 22.1 Å². The monoisotopic (exact) mass is 456 g/mol. The fraction of sp³-hybridized carbons (Fsp3) is 0.333. The van der Waals surface area contributed by atoms with E-state index in [9.17, 15) is 14.9 Å². The molecule has 0 atom stereocenters. The SMILES string of the molecule is CCN(CCC(=O)N(C)CCO)c1ccc(N=Nc2snc3ccc([N+](=O)[O-])cc23)cc1. The van der Waals surface area contributed by atoms with Gasteiger partial charge in [0.1, 0.15) is 0 Å². The third-order valence-corrected chi connectivity index (χ3v) is 5.72. The number of non-ortho nitro benzene ring substituents is 1. The van der Waals surface area contributed by atoms with Crippen molar-refractivity contribution < 1.29 is 14.8 Å². The Bertz CT molecular complexity index is 1120. The van der Waals surface area contributed by atoms with Crippen LogP contribution in [0.25, 0.3) is 10.9 Å². The number of carbonyl (C=O) groups excluding carboxylic acids is 1. The van der Waals surface area contributed by atoms with Crippen molar-refractivity contribution in [3.8, 4) is 0 Å². The van der Waals surface area contributed by atoms with Gasteiger partial charge in [-0.2, -0.15) is 4.37 Å². The minimum atomic E-state index is -0.450. The lowest BCUT2D eigenvalue weighted by molar-refractivity contribution is -0.384. The third-order valence-electron chi connectivity index (χ3n) is 4.96. The van der Waals surface area contributed by atoms with E-state index in [1.165, 1.54) is 17.0 Å². The van der Waals surface area contributed by atoms with Crippen LogP contribution < -0.4 is 4.90 Å². The van der Waals surface area contributed by atoms with Gasteiger partial charge in [0.15, 0.2) is 5.00 Å². The summed E-state index contributed by atoms with van der Waals surface area (Å²) in [6.45, 7) is 3.60. The number of anilines is 1. The Morgan fingerprint density at radius 3 is 2.59 bits per heavy atom. The van der Waals surface area contributed by atoms with Crippen LogP contribution in [0.1, 0.15) is 13.3 Å². The van der Waals surface area contributed by atoms with Crippen molar-refractivity contribution in [3.63, 3.8) is 0 Å². The molecule has 0 spiro atoms. The molecule has 1 aromatic heterocycles. The molecule has 3 aromatic rings. The van der Waals surface area contributed by atoms with Crippen LogP contribution in [0, 0.1) is 10.1 Å². The molecule has 3 rings (SSSR count). The molecule has 11 heteroatoms. The second-order valence-corrected chi connectivity index (χ2v) is 7.78. The highest BCUT2D eigenvalue weighted by atomic mass is 32.1. The summed E-state index contributed by atoms with van der Waals surface area (Å²) in [6, 6.07) is 11.9. The number of rotatable bonds is 10. The van der Waals surface area contributed by atoms with Crippen molar-refractivity contribution in [1.82, 2.24) is 9.27 Å². The number of hydrogen-bond donors (Lipinski definition) is 1. The van der Waals surface area contributed by atoms with Crippen LogP contribution in [-0.2, 0) is 4.79 Å². The lowest BCUT2D eigenvalue weighted by Gasteiger charge is -2.24.